The molecule has 1 aliphatic rings. The van der Waals surface area contributed by atoms with Gasteiger partial charge in [0, 0.05) is 30.1 Å². The van der Waals surface area contributed by atoms with Crippen LogP contribution in [0.1, 0.15) is 5.76 Å². The van der Waals surface area contributed by atoms with Crippen LogP contribution in [0.25, 0.3) is 22.1 Å². The molecule has 0 atom stereocenters. The molecule has 0 N–H and O–H groups in total. The van der Waals surface area contributed by atoms with E-state index in [-0.39, 0.29) is 0 Å². The highest BCUT2D eigenvalue weighted by Gasteiger charge is 2.20. The zero-order valence-electron chi connectivity index (χ0n) is 15.2. The molecule has 2 heterocycles. The highest BCUT2D eigenvalue weighted by molar-refractivity contribution is 5.96. The number of hydrogen-bond acceptors (Lipinski definition) is 5. The Balaban J connectivity index is 1.79. The zero-order chi connectivity index (χ0) is 17.9. The maximum atomic E-state index is 6.26. The van der Waals surface area contributed by atoms with Gasteiger partial charge in [0.25, 0.3) is 0 Å². The van der Waals surface area contributed by atoms with Gasteiger partial charge in [0.1, 0.15) is 22.8 Å². The summed E-state index contributed by atoms with van der Waals surface area (Å²) in [5, 5.41) is 1.10. The number of nitrogens with zero attached hydrogens (tertiary/aromatic N) is 1. The summed E-state index contributed by atoms with van der Waals surface area (Å²) in [6.07, 6.45) is 0. The van der Waals surface area contributed by atoms with Gasteiger partial charge in [-0.15, -0.1) is 0 Å². The summed E-state index contributed by atoms with van der Waals surface area (Å²) in [7, 11) is 3.35. The van der Waals surface area contributed by atoms with Crippen LogP contribution in [0.15, 0.2) is 46.9 Å². The molecule has 1 saturated heterocycles. The molecular formula is C21H23NO4. The summed E-state index contributed by atoms with van der Waals surface area (Å²) in [6.45, 7) is 4.14. The van der Waals surface area contributed by atoms with Crippen LogP contribution in [0.4, 0.5) is 0 Å². The van der Waals surface area contributed by atoms with E-state index in [0.717, 1.165) is 72.2 Å². The molecule has 26 heavy (non-hydrogen) atoms. The minimum Gasteiger partial charge on any atom is -0.497 e. The van der Waals surface area contributed by atoms with Crippen LogP contribution >= 0.6 is 0 Å². The van der Waals surface area contributed by atoms with Gasteiger partial charge in [-0.2, -0.15) is 0 Å². The largest absolute Gasteiger partial charge is 0.497 e. The molecule has 3 aromatic rings. The first-order valence-electron chi connectivity index (χ1n) is 8.82. The predicted octanol–water partition coefficient (Wildman–Crippen LogP) is 3.95. The molecule has 1 aliphatic heterocycles. The highest BCUT2D eigenvalue weighted by atomic mass is 16.5. The van der Waals surface area contributed by atoms with E-state index in [4.69, 9.17) is 18.6 Å². The Morgan fingerprint density at radius 3 is 2.31 bits per heavy atom. The molecule has 0 amide bonds. The first-order valence-corrected chi connectivity index (χ1v) is 8.82. The second kappa shape index (κ2) is 7.40. The smallest absolute Gasteiger partial charge is 0.138 e. The Hall–Kier alpha value is -2.50. The van der Waals surface area contributed by atoms with Gasteiger partial charge in [0.15, 0.2) is 0 Å². The van der Waals surface area contributed by atoms with E-state index >= 15 is 0 Å². The fraction of sp³-hybridized carbons (Fsp3) is 0.333. The molecule has 136 valence electrons. The van der Waals surface area contributed by atoms with Gasteiger partial charge in [-0.25, -0.2) is 0 Å². The van der Waals surface area contributed by atoms with Crippen molar-refractivity contribution in [3.05, 3.63) is 48.2 Å². The van der Waals surface area contributed by atoms with Crippen molar-refractivity contribution in [3.8, 4) is 22.6 Å². The fourth-order valence-electron chi connectivity index (χ4n) is 3.40. The van der Waals surface area contributed by atoms with Crippen LogP contribution in [0.5, 0.6) is 11.5 Å². The van der Waals surface area contributed by atoms with E-state index in [1.54, 1.807) is 14.2 Å². The van der Waals surface area contributed by atoms with Crippen molar-refractivity contribution >= 4 is 11.0 Å². The van der Waals surface area contributed by atoms with Crippen LogP contribution in [0.3, 0.4) is 0 Å². The minimum atomic E-state index is 0.766. The molecule has 0 unspecified atom stereocenters. The lowest BCUT2D eigenvalue weighted by molar-refractivity contribution is 0.0316. The van der Waals surface area contributed by atoms with E-state index < -0.39 is 0 Å². The van der Waals surface area contributed by atoms with Crippen LogP contribution < -0.4 is 9.47 Å². The number of methoxy groups -OCH3 is 2. The summed E-state index contributed by atoms with van der Waals surface area (Å²) < 4.78 is 22.4. The number of benzene rings is 2. The van der Waals surface area contributed by atoms with Gasteiger partial charge in [-0.05, 0) is 29.8 Å². The average molecular weight is 353 g/mol. The van der Waals surface area contributed by atoms with Crippen molar-refractivity contribution in [2.75, 3.05) is 40.5 Å². The first kappa shape index (κ1) is 16.9. The van der Waals surface area contributed by atoms with Crippen molar-refractivity contribution in [2.24, 2.45) is 0 Å². The summed E-state index contributed by atoms with van der Waals surface area (Å²) in [4.78, 5) is 2.37. The lowest BCUT2D eigenvalue weighted by Gasteiger charge is -2.26. The van der Waals surface area contributed by atoms with Crippen molar-refractivity contribution in [2.45, 2.75) is 6.54 Å². The minimum absolute atomic E-state index is 0.766. The molecule has 4 rings (SSSR count). The molecule has 1 fully saturated rings. The summed E-state index contributed by atoms with van der Waals surface area (Å²) in [5.41, 5.74) is 3.10. The van der Waals surface area contributed by atoms with E-state index in [1.165, 1.54) is 0 Å². The molecule has 0 aliphatic carbocycles. The molecule has 0 bridgehead atoms. The first-order chi connectivity index (χ1) is 12.8. The van der Waals surface area contributed by atoms with Crippen molar-refractivity contribution in [1.82, 2.24) is 4.90 Å². The lowest BCUT2D eigenvalue weighted by Crippen LogP contribution is -2.35. The molecule has 0 radical (unpaired) electrons. The number of morpholine rings is 1. The SMILES string of the molecule is COc1ccc(-c2c(CN3CCOCC3)oc3cc(OC)ccc23)cc1. The second-order valence-corrected chi connectivity index (χ2v) is 6.38. The van der Waals surface area contributed by atoms with E-state index in [0.29, 0.717) is 0 Å². The van der Waals surface area contributed by atoms with Crippen LogP contribution in [-0.2, 0) is 11.3 Å². The van der Waals surface area contributed by atoms with Crippen LogP contribution in [-0.4, -0.2) is 45.4 Å². The fourth-order valence-corrected chi connectivity index (χ4v) is 3.40. The Bertz CT molecular complexity index is 879. The second-order valence-electron chi connectivity index (χ2n) is 6.38. The van der Waals surface area contributed by atoms with E-state index in [2.05, 4.69) is 23.1 Å². The maximum Gasteiger partial charge on any atom is 0.138 e. The molecule has 5 nitrogen and oxygen atoms in total. The highest BCUT2D eigenvalue weighted by Crippen LogP contribution is 2.37. The van der Waals surface area contributed by atoms with Gasteiger partial charge >= 0.3 is 0 Å². The lowest BCUT2D eigenvalue weighted by atomic mass is 10.0. The third kappa shape index (κ3) is 3.28. The summed E-state index contributed by atoms with van der Waals surface area (Å²) in [5.74, 6) is 2.61. The topological polar surface area (TPSA) is 44.1 Å². The van der Waals surface area contributed by atoms with Crippen molar-refractivity contribution in [1.29, 1.82) is 0 Å². The molecule has 2 aromatic carbocycles. The standard InChI is InChI=1S/C21H23NO4/c1-23-16-5-3-15(4-6-16)21-18-8-7-17(24-2)13-19(18)26-20(21)14-22-9-11-25-12-10-22/h3-8,13H,9-12,14H2,1-2H3. The Kier molecular flexibility index (Phi) is 4.82. The molecule has 1 aromatic heterocycles. The Labute approximate surface area is 153 Å². The van der Waals surface area contributed by atoms with Gasteiger partial charge in [-0.1, -0.05) is 12.1 Å². The van der Waals surface area contributed by atoms with Crippen LogP contribution in [0, 0.1) is 0 Å². The summed E-state index contributed by atoms with van der Waals surface area (Å²) in [6, 6.07) is 14.1. The molecule has 0 saturated carbocycles. The van der Waals surface area contributed by atoms with E-state index in [9.17, 15) is 0 Å². The quantitative estimate of drug-likeness (QED) is 0.695. The number of furan rings is 1. The number of fused-ring (bicyclic) bond motifs is 1. The van der Waals surface area contributed by atoms with Crippen molar-refractivity contribution in [3.63, 3.8) is 0 Å². The average Bonchev–Trinajstić information content (AvgIpc) is 3.05. The molecular weight excluding hydrogens is 330 g/mol. The Morgan fingerprint density at radius 2 is 1.62 bits per heavy atom. The van der Waals surface area contributed by atoms with Gasteiger partial charge in [0.2, 0.25) is 0 Å². The number of ether oxygens (including phenoxy) is 3. The third-order valence-corrected chi connectivity index (χ3v) is 4.82. The zero-order valence-corrected chi connectivity index (χ0v) is 15.2. The summed E-state index contributed by atoms with van der Waals surface area (Å²) >= 11 is 0. The predicted molar refractivity (Wildman–Crippen MR) is 101 cm³/mol. The number of hydrogen-bond donors (Lipinski definition) is 0. The van der Waals surface area contributed by atoms with Gasteiger partial charge in [0.05, 0.1) is 34.0 Å². The third-order valence-electron chi connectivity index (χ3n) is 4.82. The van der Waals surface area contributed by atoms with Crippen LogP contribution in [0.2, 0.25) is 0 Å². The van der Waals surface area contributed by atoms with Gasteiger partial charge in [-0.3, -0.25) is 4.90 Å². The monoisotopic (exact) mass is 353 g/mol. The molecule has 5 heteroatoms. The van der Waals surface area contributed by atoms with Gasteiger partial charge < -0.3 is 18.6 Å². The molecule has 0 spiro atoms. The Morgan fingerprint density at radius 1 is 0.923 bits per heavy atom. The van der Waals surface area contributed by atoms with Crippen molar-refractivity contribution < 1.29 is 18.6 Å². The maximum absolute atomic E-state index is 6.26. The normalized spacial score (nSPS) is 15.3. The van der Waals surface area contributed by atoms with E-state index in [1.807, 2.05) is 24.3 Å². The number of rotatable bonds is 5.